The average Bonchev–Trinajstić information content (AvgIpc) is 2.84. The first-order chi connectivity index (χ1) is 8.20. The number of esters is 1. The van der Waals surface area contributed by atoms with Gasteiger partial charge in [-0.15, -0.1) is 0 Å². The molecule has 4 heteroatoms. The van der Waals surface area contributed by atoms with Gasteiger partial charge in [-0.2, -0.15) is 11.8 Å². The van der Waals surface area contributed by atoms with Crippen molar-refractivity contribution in [1.29, 1.82) is 0 Å². The molecule has 0 aromatic carbocycles. The fourth-order valence-corrected chi connectivity index (χ4v) is 4.08. The Morgan fingerprint density at radius 1 is 1.53 bits per heavy atom. The van der Waals surface area contributed by atoms with Crippen LogP contribution in [0, 0.1) is 5.92 Å². The predicted molar refractivity (Wildman–Crippen MR) is 67.9 cm³/mol. The lowest BCUT2D eigenvalue weighted by Crippen LogP contribution is -2.04. The lowest BCUT2D eigenvalue weighted by molar-refractivity contribution is -0.140. The lowest BCUT2D eigenvalue weighted by Gasteiger charge is -2.10. The molecule has 0 aromatic heterocycles. The van der Waals surface area contributed by atoms with Crippen LogP contribution in [-0.4, -0.2) is 29.9 Å². The molecule has 2 aliphatic rings. The highest BCUT2D eigenvalue weighted by atomic mass is 32.2. The Hall–Kier alpha value is -0.770. The zero-order chi connectivity index (χ0) is 12.3. The van der Waals surface area contributed by atoms with Crippen molar-refractivity contribution < 1.29 is 14.3 Å². The van der Waals surface area contributed by atoms with Gasteiger partial charge in [0.1, 0.15) is 0 Å². The Balaban J connectivity index is 1.72. The summed E-state index contributed by atoms with van der Waals surface area (Å²) in [5.41, 5.74) is 1.36. The molecule has 0 radical (unpaired) electrons. The van der Waals surface area contributed by atoms with Gasteiger partial charge in [-0.25, -0.2) is 0 Å². The van der Waals surface area contributed by atoms with E-state index in [0.717, 1.165) is 31.4 Å². The molecule has 2 rings (SSSR count). The SMILES string of the molecule is COC(=O)CCCCC1SCC2CC(=O)C=C21. The number of rotatable bonds is 5. The molecule has 17 heavy (non-hydrogen) atoms. The third kappa shape index (κ3) is 3.12. The number of hydrogen-bond acceptors (Lipinski definition) is 4. The van der Waals surface area contributed by atoms with Crippen molar-refractivity contribution in [3.05, 3.63) is 11.6 Å². The van der Waals surface area contributed by atoms with Gasteiger partial charge in [0.05, 0.1) is 7.11 Å². The van der Waals surface area contributed by atoms with Crippen molar-refractivity contribution in [2.45, 2.75) is 37.4 Å². The van der Waals surface area contributed by atoms with E-state index in [1.54, 1.807) is 0 Å². The van der Waals surface area contributed by atoms with E-state index in [4.69, 9.17) is 0 Å². The molecule has 1 saturated heterocycles. The standard InChI is InChI=1S/C13H18O3S/c1-16-13(15)5-3-2-4-12-11-7-10(14)6-9(11)8-17-12/h7,9,12H,2-6,8H2,1H3. The quantitative estimate of drug-likeness (QED) is 0.558. The summed E-state index contributed by atoms with van der Waals surface area (Å²) in [6.45, 7) is 0. The number of ether oxygens (including phenoxy) is 1. The Labute approximate surface area is 106 Å². The molecule has 1 aliphatic carbocycles. The van der Waals surface area contributed by atoms with E-state index in [-0.39, 0.29) is 5.97 Å². The molecule has 1 aliphatic heterocycles. The summed E-state index contributed by atoms with van der Waals surface area (Å²) in [5, 5.41) is 0.518. The second-order valence-corrected chi connectivity index (χ2v) is 5.89. The minimum atomic E-state index is -0.128. The molecule has 0 amide bonds. The summed E-state index contributed by atoms with van der Waals surface area (Å²) in [5.74, 6) is 1.78. The molecule has 0 aromatic rings. The molecule has 0 saturated carbocycles. The van der Waals surface area contributed by atoms with Gasteiger partial charge in [0.2, 0.25) is 0 Å². The molecular weight excluding hydrogens is 236 g/mol. The first kappa shape index (κ1) is 12.7. The number of ketones is 1. The zero-order valence-electron chi connectivity index (χ0n) is 10.1. The van der Waals surface area contributed by atoms with Crippen molar-refractivity contribution in [2.75, 3.05) is 12.9 Å². The average molecular weight is 254 g/mol. The van der Waals surface area contributed by atoms with Crippen molar-refractivity contribution >= 4 is 23.5 Å². The normalized spacial score (nSPS) is 26.9. The zero-order valence-corrected chi connectivity index (χ0v) is 10.9. The molecule has 0 N–H and O–H groups in total. The van der Waals surface area contributed by atoms with Crippen LogP contribution in [0.1, 0.15) is 32.1 Å². The number of allylic oxidation sites excluding steroid dienone is 1. The maximum atomic E-state index is 11.3. The number of unbranched alkanes of at least 4 members (excludes halogenated alkanes) is 1. The molecule has 0 bridgehead atoms. The van der Waals surface area contributed by atoms with E-state index >= 15 is 0 Å². The van der Waals surface area contributed by atoms with Crippen LogP contribution >= 0.6 is 11.8 Å². The highest BCUT2D eigenvalue weighted by Crippen LogP contribution is 2.44. The van der Waals surface area contributed by atoms with E-state index in [2.05, 4.69) is 4.74 Å². The van der Waals surface area contributed by atoms with Gasteiger partial charge in [-0.1, -0.05) is 6.42 Å². The smallest absolute Gasteiger partial charge is 0.305 e. The van der Waals surface area contributed by atoms with Crippen molar-refractivity contribution in [3.8, 4) is 0 Å². The van der Waals surface area contributed by atoms with E-state index in [1.807, 2.05) is 17.8 Å². The Morgan fingerprint density at radius 3 is 3.12 bits per heavy atom. The van der Waals surface area contributed by atoms with Crippen LogP contribution in [-0.2, 0) is 14.3 Å². The number of methoxy groups -OCH3 is 1. The fourth-order valence-electron chi connectivity index (χ4n) is 2.51. The van der Waals surface area contributed by atoms with Crippen LogP contribution in [0.3, 0.4) is 0 Å². The van der Waals surface area contributed by atoms with Gasteiger partial charge in [0.15, 0.2) is 5.78 Å². The summed E-state index contributed by atoms with van der Waals surface area (Å²) in [6, 6.07) is 0. The van der Waals surface area contributed by atoms with Gasteiger partial charge in [-0.05, 0) is 30.4 Å². The minimum absolute atomic E-state index is 0.128. The number of carbonyl (C=O) groups excluding carboxylic acids is 2. The first-order valence-corrected chi connectivity index (χ1v) is 7.18. The summed E-state index contributed by atoms with van der Waals surface area (Å²) in [7, 11) is 1.43. The van der Waals surface area contributed by atoms with Gasteiger partial charge < -0.3 is 4.74 Å². The monoisotopic (exact) mass is 254 g/mol. The largest absolute Gasteiger partial charge is 0.469 e. The fraction of sp³-hybridized carbons (Fsp3) is 0.692. The molecule has 3 nitrogen and oxygen atoms in total. The third-order valence-corrected chi connectivity index (χ3v) is 4.95. The van der Waals surface area contributed by atoms with E-state index in [0.29, 0.717) is 23.4 Å². The molecular formula is C13H18O3S. The lowest BCUT2D eigenvalue weighted by atomic mass is 9.98. The first-order valence-electron chi connectivity index (χ1n) is 6.13. The molecule has 0 spiro atoms. The number of hydrogen-bond donors (Lipinski definition) is 0. The van der Waals surface area contributed by atoms with Crippen LogP contribution in [0.2, 0.25) is 0 Å². The van der Waals surface area contributed by atoms with E-state index < -0.39 is 0 Å². The second kappa shape index (κ2) is 5.71. The van der Waals surface area contributed by atoms with Crippen molar-refractivity contribution in [3.63, 3.8) is 0 Å². The van der Waals surface area contributed by atoms with Crippen molar-refractivity contribution in [2.24, 2.45) is 5.92 Å². The Morgan fingerprint density at radius 2 is 2.35 bits per heavy atom. The topological polar surface area (TPSA) is 43.4 Å². The molecule has 94 valence electrons. The molecule has 1 heterocycles. The van der Waals surface area contributed by atoms with Crippen LogP contribution in [0.15, 0.2) is 11.6 Å². The predicted octanol–water partition coefficient (Wildman–Crippen LogP) is 2.35. The van der Waals surface area contributed by atoms with E-state index in [1.165, 1.54) is 12.7 Å². The van der Waals surface area contributed by atoms with Gasteiger partial charge >= 0.3 is 5.97 Å². The summed E-state index contributed by atoms with van der Waals surface area (Å²) < 4.78 is 4.61. The van der Waals surface area contributed by atoms with Gasteiger partial charge in [0, 0.05) is 23.8 Å². The molecule has 1 fully saturated rings. The van der Waals surface area contributed by atoms with Gasteiger partial charge in [-0.3, -0.25) is 9.59 Å². The Bertz CT molecular complexity index is 349. The molecule has 2 atom stereocenters. The molecule has 2 unspecified atom stereocenters. The van der Waals surface area contributed by atoms with Crippen LogP contribution in [0.5, 0.6) is 0 Å². The Kier molecular flexibility index (Phi) is 4.26. The van der Waals surface area contributed by atoms with Crippen LogP contribution in [0.4, 0.5) is 0 Å². The van der Waals surface area contributed by atoms with Gasteiger partial charge in [0.25, 0.3) is 0 Å². The highest BCUT2D eigenvalue weighted by Gasteiger charge is 2.35. The number of thioether (sulfide) groups is 1. The number of carbonyl (C=O) groups is 2. The van der Waals surface area contributed by atoms with Crippen molar-refractivity contribution in [1.82, 2.24) is 0 Å². The van der Waals surface area contributed by atoms with Crippen LogP contribution < -0.4 is 0 Å². The number of fused-ring (bicyclic) bond motifs is 1. The van der Waals surface area contributed by atoms with E-state index in [9.17, 15) is 9.59 Å². The van der Waals surface area contributed by atoms with Crippen LogP contribution in [0.25, 0.3) is 0 Å². The third-order valence-electron chi connectivity index (χ3n) is 3.44. The maximum Gasteiger partial charge on any atom is 0.305 e. The second-order valence-electron chi connectivity index (χ2n) is 4.66. The minimum Gasteiger partial charge on any atom is -0.469 e. The highest BCUT2D eigenvalue weighted by molar-refractivity contribution is 8.00. The summed E-state index contributed by atoms with van der Waals surface area (Å²) >= 11 is 1.96. The maximum absolute atomic E-state index is 11.3. The summed E-state index contributed by atoms with van der Waals surface area (Å²) in [4.78, 5) is 22.3. The summed E-state index contributed by atoms with van der Waals surface area (Å²) in [6.07, 6.45) is 6.09.